The van der Waals surface area contributed by atoms with Crippen molar-refractivity contribution in [2.24, 2.45) is 5.73 Å². The Morgan fingerprint density at radius 2 is 1.55 bits per heavy atom. The van der Waals surface area contributed by atoms with Crippen LogP contribution in [0.15, 0.2) is 54.6 Å². The van der Waals surface area contributed by atoms with Crippen molar-refractivity contribution in [3.05, 3.63) is 60.2 Å². The predicted octanol–water partition coefficient (Wildman–Crippen LogP) is 4.13. The highest BCUT2D eigenvalue weighted by molar-refractivity contribution is 5.63. The van der Waals surface area contributed by atoms with Crippen LogP contribution in [0.1, 0.15) is 25.3 Å². The van der Waals surface area contributed by atoms with Crippen LogP contribution in [-0.4, -0.2) is 13.1 Å². The van der Waals surface area contributed by atoms with E-state index in [1.807, 2.05) is 0 Å². The topological polar surface area (TPSA) is 29.3 Å². The summed E-state index contributed by atoms with van der Waals surface area (Å²) < 4.78 is 0. The highest BCUT2D eigenvalue weighted by Gasteiger charge is 2.08. The van der Waals surface area contributed by atoms with Crippen molar-refractivity contribution in [3.63, 3.8) is 0 Å². The van der Waals surface area contributed by atoms with Gasteiger partial charge in [-0.25, -0.2) is 0 Å². The summed E-state index contributed by atoms with van der Waals surface area (Å²) in [5.74, 6) is 0. The second-order valence-corrected chi connectivity index (χ2v) is 5.05. The van der Waals surface area contributed by atoms with Crippen molar-refractivity contribution in [1.82, 2.24) is 0 Å². The van der Waals surface area contributed by atoms with Crippen LogP contribution in [0.5, 0.6) is 0 Å². The molecule has 0 aliphatic rings. The average molecular weight is 268 g/mol. The van der Waals surface area contributed by atoms with Gasteiger partial charge in [-0.15, -0.1) is 0 Å². The maximum Gasteiger partial charge on any atom is 0.0410 e. The fourth-order valence-electron chi connectivity index (χ4n) is 2.34. The van der Waals surface area contributed by atoms with Gasteiger partial charge in [0.1, 0.15) is 0 Å². The molecule has 106 valence electrons. The number of benzene rings is 2. The lowest BCUT2D eigenvalue weighted by molar-refractivity contribution is 0.785. The molecule has 0 atom stereocenters. The first-order valence-corrected chi connectivity index (χ1v) is 7.46. The van der Waals surface area contributed by atoms with Crippen LogP contribution in [0, 0.1) is 0 Å². The number of nitrogens with zero attached hydrogens (tertiary/aromatic N) is 1. The van der Waals surface area contributed by atoms with E-state index in [0.29, 0.717) is 6.54 Å². The van der Waals surface area contributed by atoms with Crippen LogP contribution in [0.3, 0.4) is 0 Å². The molecule has 0 radical (unpaired) electrons. The summed E-state index contributed by atoms with van der Waals surface area (Å²) in [6, 6.07) is 19.4. The van der Waals surface area contributed by atoms with E-state index in [9.17, 15) is 0 Å². The monoisotopic (exact) mass is 268 g/mol. The molecule has 0 heterocycles. The van der Waals surface area contributed by atoms with Crippen LogP contribution in [-0.2, 0) is 6.42 Å². The van der Waals surface area contributed by atoms with Gasteiger partial charge in [-0.2, -0.15) is 0 Å². The molecule has 0 fully saturated rings. The second-order valence-electron chi connectivity index (χ2n) is 5.05. The van der Waals surface area contributed by atoms with E-state index in [-0.39, 0.29) is 0 Å². The van der Waals surface area contributed by atoms with Gasteiger partial charge in [0, 0.05) is 17.9 Å². The minimum Gasteiger partial charge on any atom is -0.341 e. The normalized spacial score (nSPS) is 10.5. The molecule has 2 nitrogen and oxygen atoms in total. The first-order valence-electron chi connectivity index (χ1n) is 7.46. The summed E-state index contributed by atoms with van der Waals surface area (Å²) in [6.45, 7) is 3.99. The molecule has 0 amide bonds. The Balaban J connectivity index is 2.22. The summed E-state index contributed by atoms with van der Waals surface area (Å²) in [6.07, 6.45) is 3.34. The average Bonchev–Trinajstić information content (AvgIpc) is 2.51. The molecular weight excluding hydrogens is 244 g/mol. The summed E-state index contributed by atoms with van der Waals surface area (Å²) in [7, 11) is 0. The summed E-state index contributed by atoms with van der Waals surface area (Å²) in [5.41, 5.74) is 9.42. The van der Waals surface area contributed by atoms with Crippen molar-refractivity contribution in [1.29, 1.82) is 0 Å². The number of rotatable bonds is 7. The van der Waals surface area contributed by atoms with Gasteiger partial charge in [0.05, 0.1) is 0 Å². The molecule has 0 saturated carbocycles. The molecule has 0 spiro atoms. The Hall–Kier alpha value is -1.80. The molecule has 2 aromatic rings. The van der Waals surface area contributed by atoms with E-state index in [2.05, 4.69) is 66.4 Å². The van der Waals surface area contributed by atoms with E-state index < -0.39 is 0 Å². The standard InChI is InChI=1S/C18H24N2/c1-2-3-15-20(17-7-5-4-6-8-17)18-11-9-16(10-12-18)13-14-19/h4-12H,2-3,13-15,19H2,1H3. The Kier molecular flexibility index (Phi) is 5.63. The molecular formula is C18H24N2. The largest absolute Gasteiger partial charge is 0.341 e. The quantitative estimate of drug-likeness (QED) is 0.818. The fourth-order valence-corrected chi connectivity index (χ4v) is 2.34. The van der Waals surface area contributed by atoms with Gasteiger partial charge < -0.3 is 10.6 Å². The summed E-state index contributed by atoms with van der Waals surface area (Å²) >= 11 is 0. The third-order valence-electron chi connectivity index (χ3n) is 3.48. The van der Waals surface area contributed by atoms with Crippen molar-refractivity contribution in [3.8, 4) is 0 Å². The van der Waals surface area contributed by atoms with E-state index in [0.717, 1.165) is 13.0 Å². The van der Waals surface area contributed by atoms with Crippen LogP contribution in [0.4, 0.5) is 11.4 Å². The third-order valence-corrected chi connectivity index (χ3v) is 3.48. The van der Waals surface area contributed by atoms with Crippen molar-refractivity contribution < 1.29 is 0 Å². The highest BCUT2D eigenvalue weighted by Crippen LogP contribution is 2.26. The molecule has 2 heteroatoms. The molecule has 2 N–H and O–H groups in total. The molecule has 0 aromatic heterocycles. The Labute approximate surface area is 122 Å². The smallest absolute Gasteiger partial charge is 0.0410 e. The molecule has 0 saturated heterocycles. The molecule has 0 bridgehead atoms. The minimum atomic E-state index is 0.706. The molecule has 0 unspecified atom stereocenters. The number of unbranched alkanes of at least 4 members (excludes halogenated alkanes) is 1. The molecule has 2 aromatic carbocycles. The molecule has 0 aliphatic heterocycles. The van der Waals surface area contributed by atoms with Crippen LogP contribution < -0.4 is 10.6 Å². The molecule has 20 heavy (non-hydrogen) atoms. The lowest BCUT2D eigenvalue weighted by Crippen LogP contribution is -2.18. The first-order chi connectivity index (χ1) is 9.85. The second kappa shape index (κ2) is 7.71. The van der Waals surface area contributed by atoms with E-state index in [1.54, 1.807) is 0 Å². The number of para-hydroxylation sites is 1. The predicted molar refractivity (Wildman–Crippen MR) is 87.6 cm³/mol. The van der Waals surface area contributed by atoms with Crippen molar-refractivity contribution in [2.45, 2.75) is 26.2 Å². The van der Waals surface area contributed by atoms with Gasteiger partial charge >= 0.3 is 0 Å². The molecule has 2 rings (SSSR count). The van der Waals surface area contributed by atoms with Gasteiger partial charge in [0.15, 0.2) is 0 Å². The van der Waals surface area contributed by atoms with Crippen LogP contribution in [0.25, 0.3) is 0 Å². The zero-order valence-corrected chi connectivity index (χ0v) is 12.3. The fraction of sp³-hybridized carbons (Fsp3) is 0.333. The maximum atomic E-state index is 5.60. The first kappa shape index (κ1) is 14.6. The SMILES string of the molecule is CCCCN(c1ccccc1)c1ccc(CCN)cc1. The van der Waals surface area contributed by atoms with Gasteiger partial charge in [-0.05, 0) is 49.2 Å². The minimum absolute atomic E-state index is 0.706. The third kappa shape index (κ3) is 3.84. The van der Waals surface area contributed by atoms with E-state index >= 15 is 0 Å². The van der Waals surface area contributed by atoms with E-state index in [1.165, 1.54) is 29.8 Å². The lowest BCUT2D eigenvalue weighted by Gasteiger charge is -2.25. The van der Waals surface area contributed by atoms with E-state index in [4.69, 9.17) is 5.73 Å². The van der Waals surface area contributed by atoms with Crippen LogP contribution in [0.2, 0.25) is 0 Å². The number of nitrogens with two attached hydrogens (primary N) is 1. The van der Waals surface area contributed by atoms with Crippen molar-refractivity contribution >= 4 is 11.4 Å². The van der Waals surface area contributed by atoms with Crippen LogP contribution >= 0.6 is 0 Å². The Morgan fingerprint density at radius 3 is 2.15 bits per heavy atom. The zero-order valence-electron chi connectivity index (χ0n) is 12.3. The van der Waals surface area contributed by atoms with Gasteiger partial charge in [-0.3, -0.25) is 0 Å². The van der Waals surface area contributed by atoms with Gasteiger partial charge in [-0.1, -0.05) is 43.7 Å². The van der Waals surface area contributed by atoms with Gasteiger partial charge in [0.2, 0.25) is 0 Å². The Morgan fingerprint density at radius 1 is 0.900 bits per heavy atom. The Bertz CT molecular complexity index is 491. The summed E-state index contributed by atoms with van der Waals surface area (Å²) in [5, 5.41) is 0. The van der Waals surface area contributed by atoms with Gasteiger partial charge in [0.25, 0.3) is 0 Å². The zero-order chi connectivity index (χ0) is 14.2. The summed E-state index contributed by atoms with van der Waals surface area (Å²) in [4.78, 5) is 2.38. The molecule has 0 aliphatic carbocycles. The highest BCUT2D eigenvalue weighted by atomic mass is 15.1. The number of hydrogen-bond donors (Lipinski definition) is 1. The lowest BCUT2D eigenvalue weighted by atomic mass is 10.1. The number of hydrogen-bond acceptors (Lipinski definition) is 2. The maximum absolute atomic E-state index is 5.60. The number of anilines is 2. The van der Waals surface area contributed by atoms with Crippen molar-refractivity contribution in [2.75, 3.05) is 18.0 Å².